The van der Waals surface area contributed by atoms with Gasteiger partial charge in [0.2, 0.25) is 11.9 Å². The Bertz CT molecular complexity index is 1220. The van der Waals surface area contributed by atoms with Crippen LogP contribution in [0, 0.1) is 23.6 Å². The second kappa shape index (κ2) is 14.0. The molecule has 3 atom stereocenters. The minimum Gasteiger partial charge on any atom is -0.444 e. The first-order valence-corrected chi connectivity index (χ1v) is 13.9. The molecule has 0 aliphatic heterocycles. The number of amides is 2. The number of hydrogen-bond acceptors (Lipinski definition) is 7. The number of hydrogen-bond donors (Lipinski definition) is 3. The Kier molecular flexibility index (Phi) is 10.7. The molecule has 1 aliphatic carbocycles. The van der Waals surface area contributed by atoms with E-state index in [2.05, 4.69) is 44.7 Å². The lowest BCUT2D eigenvalue weighted by atomic mass is 9.86. The summed E-state index contributed by atoms with van der Waals surface area (Å²) >= 11 is 0. The van der Waals surface area contributed by atoms with Crippen molar-refractivity contribution in [2.45, 2.75) is 84.4 Å². The van der Waals surface area contributed by atoms with Gasteiger partial charge in [0.1, 0.15) is 23.3 Å². The van der Waals surface area contributed by atoms with Gasteiger partial charge in [-0.05, 0) is 77.6 Å². The molecule has 0 bridgehead atoms. The van der Waals surface area contributed by atoms with Gasteiger partial charge in [-0.1, -0.05) is 25.2 Å². The fraction of sp³-hybridized carbons (Fsp3) is 0.533. The quantitative estimate of drug-likeness (QED) is 0.373. The average molecular weight is 553 g/mol. The van der Waals surface area contributed by atoms with Crippen LogP contribution in [0.15, 0.2) is 30.5 Å². The number of rotatable bonds is 8. The van der Waals surface area contributed by atoms with Crippen LogP contribution in [-0.4, -0.2) is 58.1 Å². The number of carbonyl (C=O) groups is 2. The van der Waals surface area contributed by atoms with Gasteiger partial charge >= 0.3 is 6.09 Å². The SMILES string of the molecule is CCCNc1nc(Nc2ccc(F)cc2)ncc1C#C[C@@H]1CCC[C@H](NC(=O)[C@H](C)N(C)C(=O)OC(C)(C)C)C1. The van der Waals surface area contributed by atoms with Crippen molar-refractivity contribution in [3.05, 3.63) is 41.8 Å². The predicted molar refractivity (Wildman–Crippen MR) is 155 cm³/mol. The zero-order chi connectivity index (χ0) is 29.3. The Balaban J connectivity index is 1.64. The molecule has 1 fully saturated rings. The lowest BCUT2D eigenvalue weighted by molar-refractivity contribution is -0.126. The molecule has 0 saturated heterocycles. The topological polar surface area (TPSA) is 108 Å². The zero-order valence-corrected chi connectivity index (χ0v) is 24.3. The molecule has 216 valence electrons. The Hall–Kier alpha value is -3.87. The van der Waals surface area contributed by atoms with Crippen molar-refractivity contribution in [1.82, 2.24) is 20.2 Å². The first-order chi connectivity index (χ1) is 18.9. The lowest BCUT2D eigenvalue weighted by Crippen LogP contribution is -2.50. The molecule has 1 saturated carbocycles. The normalized spacial score (nSPS) is 17.6. The Labute approximate surface area is 236 Å². The van der Waals surface area contributed by atoms with Crippen LogP contribution in [0.3, 0.4) is 0 Å². The highest BCUT2D eigenvalue weighted by atomic mass is 19.1. The van der Waals surface area contributed by atoms with Gasteiger partial charge in [0, 0.05) is 31.2 Å². The van der Waals surface area contributed by atoms with E-state index in [-0.39, 0.29) is 23.7 Å². The first-order valence-electron chi connectivity index (χ1n) is 13.9. The van der Waals surface area contributed by atoms with Gasteiger partial charge in [0.25, 0.3) is 0 Å². The number of likely N-dealkylation sites (N-methyl/N-ethyl adjacent to an activating group) is 1. The van der Waals surface area contributed by atoms with E-state index in [0.29, 0.717) is 23.0 Å². The van der Waals surface area contributed by atoms with Crippen molar-refractivity contribution in [2.24, 2.45) is 5.92 Å². The van der Waals surface area contributed by atoms with E-state index in [1.165, 1.54) is 17.0 Å². The van der Waals surface area contributed by atoms with Crippen molar-refractivity contribution in [3.8, 4) is 11.8 Å². The minimum absolute atomic E-state index is 0.0220. The maximum atomic E-state index is 13.2. The summed E-state index contributed by atoms with van der Waals surface area (Å²) < 4.78 is 18.6. The molecule has 0 unspecified atom stereocenters. The number of carbonyl (C=O) groups excluding carboxylic acids is 2. The Morgan fingerprint density at radius 3 is 2.62 bits per heavy atom. The molecular formula is C30H41FN6O3. The Morgan fingerprint density at radius 2 is 1.95 bits per heavy atom. The van der Waals surface area contributed by atoms with Gasteiger partial charge in [-0.15, -0.1) is 0 Å². The molecule has 2 amide bonds. The third-order valence-corrected chi connectivity index (χ3v) is 6.50. The van der Waals surface area contributed by atoms with Crippen molar-refractivity contribution < 1.29 is 18.7 Å². The molecule has 1 aromatic heterocycles. The van der Waals surface area contributed by atoms with Gasteiger partial charge in [0.15, 0.2) is 0 Å². The van der Waals surface area contributed by atoms with Crippen molar-refractivity contribution in [2.75, 3.05) is 24.2 Å². The maximum Gasteiger partial charge on any atom is 0.410 e. The van der Waals surface area contributed by atoms with E-state index >= 15 is 0 Å². The summed E-state index contributed by atoms with van der Waals surface area (Å²) in [6.07, 6.45) is 5.54. The van der Waals surface area contributed by atoms with Crippen LogP contribution in [0.1, 0.15) is 72.3 Å². The highest BCUT2D eigenvalue weighted by molar-refractivity contribution is 5.85. The smallest absolute Gasteiger partial charge is 0.410 e. The molecule has 1 heterocycles. The second-order valence-electron chi connectivity index (χ2n) is 11.1. The standard InChI is InChI=1S/C30H41FN6O3/c1-7-17-32-26-22(19-33-28(36-26)35-24-15-13-23(31)14-16-24)12-11-21-9-8-10-25(18-21)34-27(38)20(2)37(6)29(39)40-30(3,4)5/h13-16,19-21,25H,7-10,17-18H2,1-6H3,(H,34,38)(H2,32,33,35,36)/t20-,21-,25-/m0/s1. The fourth-order valence-electron chi connectivity index (χ4n) is 4.20. The number of ether oxygens (including phenoxy) is 1. The van der Waals surface area contributed by atoms with E-state index in [1.807, 2.05) is 0 Å². The third kappa shape index (κ3) is 9.40. The highest BCUT2D eigenvalue weighted by Gasteiger charge is 2.29. The summed E-state index contributed by atoms with van der Waals surface area (Å²) in [4.78, 5) is 35.6. The average Bonchev–Trinajstić information content (AvgIpc) is 2.91. The molecular weight excluding hydrogens is 511 g/mol. The second-order valence-corrected chi connectivity index (χ2v) is 11.1. The monoisotopic (exact) mass is 552 g/mol. The summed E-state index contributed by atoms with van der Waals surface area (Å²) in [5.41, 5.74) is 0.744. The molecule has 40 heavy (non-hydrogen) atoms. The summed E-state index contributed by atoms with van der Waals surface area (Å²) in [6.45, 7) is 9.87. The molecule has 1 aliphatic rings. The number of halogens is 1. The number of anilines is 3. The number of aromatic nitrogens is 2. The van der Waals surface area contributed by atoms with E-state index in [0.717, 1.165) is 38.6 Å². The van der Waals surface area contributed by atoms with Crippen LogP contribution in [-0.2, 0) is 9.53 Å². The number of nitrogens with zero attached hydrogens (tertiary/aromatic N) is 3. The van der Waals surface area contributed by atoms with Gasteiger partial charge in [-0.3, -0.25) is 9.69 Å². The lowest BCUT2D eigenvalue weighted by Gasteiger charge is -2.31. The van der Waals surface area contributed by atoms with Gasteiger partial charge in [-0.2, -0.15) is 4.98 Å². The molecule has 3 rings (SSSR count). The van der Waals surface area contributed by atoms with Crippen LogP contribution < -0.4 is 16.0 Å². The van der Waals surface area contributed by atoms with Crippen LogP contribution >= 0.6 is 0 Å². The van der Waals surface area contributed by atoms with Gasteiger partial charge in [0.05, 0.1) is 11.8 Å². The summed E-state index contributed by atoms with van der Waals surface area (Å²) in [7, 11) is 1.57. The number of benzene rings is 1. The summed E-state index contributed by atoms with van der Waals surface area (Å²) in [5.74, 6) is 7.21. The first kappa shape index (κ1) is 30.7. The van der Waals surface area contributed by atoms with Crippen LogP contribution in [0.5, 0.6) is 0 Å². The van der Waals surface area contributed by atoms with Crippen LogP contribution in [0.25, 0.3) is 0 Å². The fourth-order valence-corrected chi connectivity index (χ4v) is 4.20. The minimum atomic E-state index is -0.660. The van der Waals surface area contributed by atoms with Crippen molar-refractivity contribution in [3.63, 3.8) is 0 Å². The van der Waals surface area contributed by atoms with Crippen LogP contribution in [0.4, 0.5) is 26.6 Å². The van der Waals surface area contributed by atoms with Crippen molar-refractivity contribution in [1.29, 1.82) is 0 Å². The van der Waals surface area contributed by atoms with Crippen LogP contribution in [0.2, 0.25) is 0 Å². The van der Waals surface area contributed by atoms with Gasteiger partial charge in [-0.25, -0.2) is 14.2 Å². The van der Waals surface area contributed by atoms with E-state index in [1.54, 1.807) is 53.1 Å². The molecule has 9 nitrogen and oxygen atoms in total. The maximum absolute atomic E-state index is 13.2. The summed E-state index contributed by atoms with van der Waals surface area (Å²) in [5, 5.41) is 9.50. The number of nitrogens with one attached hydrogen (secondary N) is 3. The van der Waals surface area contributed by atoms with E-state index < -0.39 is 17.7 Å². The zero-order valence-electron chi connectivity index (χ0n) is 24.3. The molecule has 0 spiro atoms. The Morgan fingerprint density at radius 1 is 1.23 bits per heavy atom. The van der Waals surface area contributed by atoms with Gasteiger partial charge < -0.3 is 20.7 Å². The van der Waals surface area contributed by atoms with E-state index in [9.17, 15) is 14.0 Å². The van der Waals surface area contributed by atoms with E-state index in [4.69, 9.17) is 4.74 Å². The molecule has 2 aromatic rings. The molecule has 0 radical (unpaired) electrons. The summed E-state index contributed by atoms with van der Waals surface area (Å²) in [6, 6.07) is 5.32. The highest BCUT2D eigenvalue weighted by Crippen LogP contribution is 2.25. The molecule has 1 aromatic carbocycles. The predicted octanol–water partition coefficient (Wildman–Crippen LogP) is 5.46. The largest absolute Gasteiger partial charge is 0.444 e. The molecule has 10 heteroatoms. The van der Waals surface area contributed by atoms with Crippen molar-refractivity contribution >= 4 is 29.5 Å². The third-order valence-electron chi connectivity index (χ3n) is 6.50. The molecule has 3 N–H and O–H groups in total.